The van der Waals surface area contributed by atoms with Crippen molar-refractivity contribution in [3.8, 4) is 0 Å². The smallest absolute Gasteiger partial charge is 0.317 e. The molecule has 0 bridgehead atoms. The second kappa shape index (κ2) is 6.72. The lowest BCUT2D eigenvalue weighted by Crippen LogP contribution is -2.38. The number of aryl methyl sites for hydroxylation is 2. The molecule has 1 aliphatic rings. The number of aliphatic carboxylic acids is 1. The van der Waals surface area contributed by atoms with Gasteiger partial charge in [-0.25, -0.2) is 0 Å². The molecule has 1 amide bonds. The van der Waals surface area contributed by atoms with Crippen molar-refractivity contribution in [3.63, 3.8) is 0 Å². The number of carboxylic acid groups (broad SMARTS) is 1. The summed E-state index contributed by atoms with van der Waals surface area (Å²) in [7, 11) is 0. The van der Waals surface area contributed by atoms with Crippen molar-refractivity contribution in [1.82, 2.24) is 4.90 Å². The molecule has 0 unspecified atom stereocenters. The SMILES string of the molecule is CCc1cccc(C)c1NC(=O)CN(CC(=O)O)C1CC1. The maximum Gasteiger partial charge on any atom is 0.317 e. The summed E-state index contributed by atoms with van der Waals surface area (Å²) >= 11 is 0. The number of benzene rings is 1. The molecule has 1 aliphatic carbocycles. The molecule has 21 heavy (non-hydrogen) atoms. The Labute approximate surface area is 125 Å². The highest BCUT2D eigenvalue weighted by Crippen LogP contribution is 2.27. The summed E-state index contributed by atoms with van der Waals surface area (Å²) in [6.45, 7) is 4.07. The fourth-order valence-electron chi connectivity index (χ4n) is 2.49. The predicted octanol–water partition coefficient (Wildman–Crippen LogP) is 2.04. The van der Waals surface area contributed by atoms with Gasteiger partial charge in [-0.3, -0.25) is 14.5 Å². The summed E-state index contributed by atoms with van der Waals surface area (Å²) < 4.78 is 0. The zero-order valence-electron chi connectivity index (χ0n) is 12.6. The van der Waals surface area contributed by atoms with Crippen LogP contribution in [0.3, 0.4) is 0 Å². The van der Waals surface area contributed by atoms with Gasteiger partial charge in [0.15, 0.2) is 0 Å². The number of nitrogens with one attached hydrogen (secondary N) is 1. The number of rotatable bonds is 7. The van der Waals surface area contributed by atoms with E-state index in [9.17, 15) is 9.59 Å². The number of carboxylic acids is 1. The summed E-state index contributed by atoms with van der Waals surface area (Å²) in [5.41, 5.74) is 2.98. The zero-order chi connectivity index (χ0) is 15.4. The van der Waals surface area contributed by atoms with Crippen LogP contribution in [0.5, 0.6) is 0 Å². The van der Waals surface area contributed by atoms with Gasteiger partial charge in [-0.2, -0.15) is 0 Å². The van der Waals surface area contributed by atoms with Crippen LogP contribution in [0, 0.1) is 6.92 Å². The molecule has 2 rings (SSSR count). The molecular formula is C16H22N2O3. The van der Waals surface area contributed by atoms with Crippen molar-refractivity contribution in [2.24, 2.45) is 0 Å². The molecule has 0 aliphatic heterocycles. The van der Waals surface area contributed by atoms with E-state index in [0.717, 1.165) is 36.1 Å². The molecule has 1 aromatic carbocycles. The van der Waals surface area contributed by atoms with E-state index >= 15 is 0 Å². The minimum atomic E-state index is -0.889. The first kappa shape index (κ1) is 15.5. The monoisotopic (exact) mass is 290 g/mol. The fourth-order valence-corrected chi connectivity index (χ4v) is 2.49. The van der Waals surface area contributed by atoms with Crippen LogP contribution < -0.4 is 5.32 Å². The van der Waals surface area contributed by atoms with Gasteiger partial charge in [0.2, 0.25) is 5.91 Å². The number of amides is 1. The standard InChI is InChI=1S/C16H22N2O3/c1-3-12-6-4-5-11(2)16(12)17-14(19)9-18(10-15(20)21)13-7-8-13/h4-6,13H,3,7-10H2,1-2H3,(H,17,19)(H,20,21). The van der Waals surface area contributed by atoms with E-state index in [-0.39, 0.29) is 25.0 Å². The van der Waals surface area contributed by atoms with E-state index < -0.39 is 5.97 Å². The van der Waals surface area contributed by atoms with Crippen molar-refractivity contribution >= 4 is 17.6 Å². The number of hydrogen-bond acceptors (Lipinski definition) is 3. The Morgan fingerprint density at radius 2 is 2.05 bits per heavy atom. The van der Waals surface area contributed by atoms with Crippen LogP contribution in [0.4, 0.5) is 5.69 Å². The number of nitrogens with zero attached hydrogens (tertiary/aromatic N) is 1. The minimum Gasteiger partial charge on any atom is -0.480 e. The molecule has 0 spiro atoms. The first-order valence-corrected chi connectivity index (χ1v) is 7.35. The predicted molar refractivity (Wildman–Crippen MR) is 81.4 cm³/mol. The number of anilines is 1. The lowest BCUT2D eigenvalue weighted by Gasteiger charge is -2.20. The van der Waals surface area contributed by atoms with Crippen molar-refractivity contribution in [2.45, 2.75) is 39.2 Å². The highest BCUT2D eigenvalue weighted by Gasteiger charge is 2.31. The molecule has 0 saturated heterocycles. The highest BCUT2D eigenvalue weighted by molar-refractivity contribution is 5.94. The van der Waals surface area contributed by atoms with E-state index in [4.69, 9.17) is 5.11 Å². The van der Waals surface area contributed by atoms with Crippen LogP contribution in [0.25, 0.3) is 0 Å². The first-order chi connectivity index (χ1) is 10.0. The fraction of sp³-hybridized carbons (Fsp3) is 0.500. The quantitative estimate of drug-likeness (QED) is 0.806. The largest absolute Gasteiger partial charge is 0.480 e. The summed E-state index contributed by atoms with van der Waals surface area (Å²) in [6.07, 6.45) is 2.80. The van der Waals surface area contributed by atoms with Crippen molar-refractivity contribution < 1.29 is 14.7 Å². The van der Waals surface area contributed by atoms with E-state index in [1.54, 1.807) is 4.90 Å². The lowest BCUT2D eigenvalue weighted by molar-refractivity contribution is -0.138. The second-order valence-electron chi connectivity index (χ2n) is 5.54. The summed E-state index contributed by atoms with van der Waals surface area (Å²) in [5.74, 6) is -1.04. The Morgan fingerprint density at radius 1 is 1.33 bits per heavy atom. The van der Waals surface area contributed by atoms with Gasteiger partial charge in [-0.1, -0.05) is 25.1 Å². The first-order valence-electron chi connectivity index (χ1n) is 7.35. The average Bonchev–Trinajstić information content (AvgIpc) is 3.24. The van der Waals surface area contributed by atoms with Crippen LogP contribution in [-0.2, 0) is 16.0 Å². The number of carbonyl (C=O) groups is 2. The topological polar surface area (TPSA) is 69.6 Å². The van der Waals surface area contributed by atoms with Crippen LogP contribution in [0.1, 0.15) is 30.9 Å². The molecule has 5 nitrogen and oxygen atoms in total. The third-order valence-corrected chi connectivity index (χ3v) is 3.75. The Bertz CT molecular complexity index is 538. The number of para-hydroxylation sites is 1. The van der Waals surface area contributed by atoms with E-state index in [1.807, 2.05) is 32.0 Å². The second-order valence-corrected chi connectivity index (χ2v) is 5.54. The average molecular weight is 290 g/mol. The minimum absolute atomic E-state index is 0.0769. The summed E-state index contributed by atoms with van der Waals surface area (Å²) in [5, 5.41) is 11.9. The van der Waals surface area contributed by atoms with Crippen molar-refractivity contribution in [1.29, 1.82) is 0 Å². The van der Waals surface area contributed by atoms with Crippen LogP contribution in [0.2, 0.25) is 0 Å². The van der Waals surface area contributed by atoms with E-state index in [0.29, 0.717) is 0 Å². The molecule has 1 aromatic rings. The normalized spacial score (nSPS) is 14.2. The van der Waals surface area contributed by atoms with Crippen molar-refractivity contribution in [3.05, 3.63) is 29.3 Å². The summed E-state index contributed by atoms with van der Waals surface area (Å²) in [6, 6.07) is 6.18. The molecule has 2 N–H and O–H groups in total. The molecule has 5 heteroatoms. The third-order valence-electron chi connectivity index (χ3n) is 3.75. The van der Waals surface area contributed by atoms with Gasteiger partial charge in [0, 0.05) is 11.7 Å². The Morgan fingerprint density at radius 3 is 2.62 bits per heavy atom. The van der Waals surface area contributed by atoms with Gasteiger partial charge in [-0.15, -0.1) is 0 Å². The number of hydrogen-bond donors (Lipinski definition) is 2. The van der Waals surface area contributed by atoms with Crippen molar-refractivity contribution in [2.75, 3.05) is 18.4 Å². The van der Waals surface area contributed by atoms with Gasteiger partial charge >= 0.3 is 5.97 Å². The van der Waals surface area contributed by atoms with Crippen LogP contribution in [-0.4, -0.2) is 41.0 Å². The number of carbonyl (C=O) groups excluding carboxylic acids is 1. The lowest BCUT2D eigenvalue weighted by atomic mass is 10.1. The van der Waals surface area contributed by atoms with Gasteiger partial charge in [-0.05, 0) is 37.3 Å². The molecule has 0 aromatic heterocycles. The molecule has 0 atom stereocenters. The maximum atomic E-state index is 12.2. The highest BCUT2D eigenvalue weighted by atomic mass is 16.4. The van der Waals surface area contributed by atoms with E-state index in [1.165, 1.54) is 0 Å². The Hall–Kier alpha value is -1.88. The Kier molecular flexibility index (Phi) is 4.96. The third kappa shape index (κ3) is 4.29. The molecular weight excluding hydrogens is 268 g/mol. The van der Waals surface area contributed by atoms with Gasteiger partial charge in [0.05, 0.1) is 13.1 Å². The summed E-state index contributed by atoms with van der Waals surface area (Å²) in [4.78, 5) is 24.8. The van der Waals surface area contributed by atoms with Gasteiger partial charge in [0.1, 0.15) is 0 Å². The Balaban J connectivity index is 2.02. The molecule has 1 fully saturated rings. The van der Waals surface area contributed by atoms with Gasteiger partial charge < -0.3 is 10.4 Å². The molecule has 114 valence electrons. The van der Waals surface area contributed by atoms with Crippen LogP contribution in [0.15, 0.2) is 18.2 Å². The van der Waals surface area contributed by atoms with E-state index in [2.05, 4.69) is 5.32 Å². The molecule has 0 heterocycles. The van der Waals surface area contributed by atoms with Crippen LogP contribution >= 0.6 is 0 Å². The molecule has 0 radical (unpaired) electrons. The maximum absolute atomic E-state index is 12.2. The van der Waals surface area contributed by atoms with Gasteiger partial charge in [0.25, 0.3) is 0 Å². The zero-order valence-corrected chi connectivity index (χ0v) is 12.6. The molecule has 1 saturated carbocycles.